The molecular formula is C14H11ClF2N4. The molecule has 0 amide bonds. The Bertz CT molecular complexity index is 850. The molecule has 108 valence electrons. The first-order chi connectivity index (χ1) is 9.91. The lowest BCUT2D eigenvalue weighted by Crippen LogP contribution is -2.03. The van der Waals surface area contributed by atoms with Crippen molar-refractivity contribution in [3.8, 4) is 5.69 Å². The second kappa shape index (κ2) is 4.66. The molecule has 0 unspecified atom stereocenters. The fourth-order valence-corrected chi connectivity index (χ4v) is 2.73. The summed E-state index contributed by atoms with van der Waals surface area (Å²) >= 11 is 6.02. The van der Waals surface area contributed by atoms with Gasteiger partial charge in [-0.05, 0) is 25.5 Å². The molecule has 0 bridgehead atoms. The van der Waals surface area contributed by atoms with Gasteiger partial charge in [0.1, 0.15) is 23.6 Å². The molecular weight excluding hydrogens is 298 g/mol. The molecule has 0 aliphatic heterocycles. The summed E-state index contributed by atoms with van der Waals surface area (Å²) in [7, 11) is 0. The van der Waals surface area contributed by atoms with Gasteiger partial charge in [0.05, 0.1) is 10.4 Å². The van der Waals surface area contributed by atoms with Gasteiger partial charge in [-0.2, -0.15) is 0 Å². The van der Waals surface area contributed by atoms with Crippen LogP contribution in [-0.4, -0.2) is 14.5 Å². The van der Waals surface area contributed by atoms with E-state index in [9.17, 15) is 8.78 Å². The third kappa shape index (κ3) is 1.94. The number of nitrogen functional groups attached to an aromatic ring is 1. The molecule has 3 rings (SSSR count). The zero-order chi connectivity index (χ0) is 15.3. The van der Waals surface area contributed by atoms with Crippen molar-refractivity contribution in [1.82, 2.24) is 14.5 Å². The number of halogens is 3. The normalized spacial score (nSPS) is 11.3. The SMILES string of the molecule is Cc1c(C)n(-c2c(F)cc(F)cc2Cl)c2ncnc(N)c12. The Labute approximate surface area is 124 Å². The first-order valence-corrected chi connectivity index (χ1v) is 6.52. The molecule has 0 radical (unpaired) electrons. The number of aryl methyl sites for hydroxylation is 1. The van der Waals surface area contributed by atoms with Crippen LogP contribution in [-0.2, 0) is 0 Å². The first-order valence-electron chi connectivity index (χ1n) is 6.14. The Morgan fingerprint density at radius 2 is 1.90 bits per heavy atom. The molecule has 2 aromatic heterocycles. The van der Waals surface area contributed by atoms with Crippen molar-refractivity contribution in [2.45, 2.75) is 13.8 Å². The number of hydrogen-bond acceptors (Lipinski definition) is 3. The van der Waals surface area contributed by atoms with Crippen molar-refractivity contribution >= 4 is 28.5 Å². The average Bonchev–Trinajstić information content (AvgIpc) is 2.64. The van der Waals surface area contributed by atoms with Crippen LogP contribution >= 0.6 is 11.6 Å². The van der Waals surface area contributed by atoms with E-state index in [1.165, 1.54) is 10.9 Å². The largest absolute Gasteiger partial charge is 0.383 e. The maximum atomic E-state index is 14.2. The number of fused-ring (bicyclic) bond motifs is 1. The minimum absolute atomic E-state index is 0.0373. The van der Waals surface area contributed by atoms with Crippen LogP contribution in [0.1, 0.15) is 11.3 Å². The van der Waals surface area contributed by atoms with Crippen molar-refractivity contribution in [3.63, 3.8) is 0 Å². The highest BCUT2D eigenvalue weighted by atomic mass is 35.5. The molecule has 2 N–H and O–H groups in total. The average molecular weight is 309 g/mol. The summed E-state index contributed by atoms with van der Waals surface area (Å²) in [4.78, 5) is 8.10. The lowest BCUT2D eigenvalue weighted by molar-refractivity contribution is 0.578. The molecule has 0 fully saturated rings. The Kier molecular flexibility index (Phi) is 3.06. The highest BCUT2D eigenvalue weighted by Crippen LogP contribution is 2.34. The number of benzene rings is 1. The summed E-state index contributed by atoms with van der Waals surface area (Å²) in [6.07, 6.45) is 1.29. The fraction of sp³-hybridized carbons (Fsp3) is 0.143. The maximum absolute atomic E-state index is 14.2. The molecule has 0 atom stereocenters. The summed E-state index contributed by atoms with van der Waals surface area (Å²) in [6.45, 7) is 3.62. The van der Waals surface area contributed by atoms with E-state index in [2.05, 4.69) is 9.97 Å². The minimum atomic E-state index is -0.766. The van der Waals surface area contributed by atoms with E-state index in [1.54, 1.807) is 6.92 Å². The van der Waals surface area contributed by atoms with E-state index >= 15 is 0 Å². The highest BCUT2D eigenvalue weighted by molar-refractivity contribution is 6.32. The summed E-state index contributed by atoms with van der Waals surface area (Å²) in [6, 6.07) is 1.84. The topological polar surface area (TPSA) is 56.7 Å². The van der Waals surface area contributed by atoms with E-state index < -0.39 is 11.6 Å². The van der Waals surface area contributed by atoms with Gasteiger partial charge in [-0.1, -0.05) is 11.6 Å². The van der Waals surface area contributed by atoms with Crippen LogP contribution < -0.4 is 5.73 Å². The van der Waals surface area contributed by atoms with Crippen molar-refractivity contribution in [3.05, 3.63) is 46.4 Å². The maximum Gasteiger partial charge on any atom is 0.151 e. The molecule has 4 nitrogen and oxygen atoms in total. The van der Waals surface area contributed by atoms with Crippen molar-refractivity contribution < 1.29 is 8.78 Å². The second-order valence-electron chi connectivity index (χ2n) is 4.72. The standard InChI is InChI=1S/C14H11ClF2N4/c1-6-7(2)21(14-11(6)13(18)19-5-20-14)12-9(15)3-8(16)4-10(12)17/h3-5H,1-2H3,(H2,18,19,20). The number of nitrogens with zero attached hydrogens (tertiary/aromatic N) is 3. The molecule has 2 heterocycles. The quantitative estimate of drug-likeness (QED) is 0.748. The lowest BCUT2D eigenvalue weighted by atomic mass is 10.2. The van der Waals surface area contributed by atoms with Crippen LogP contribution in [0.5, 0.6) is 0 Å². The van der Waals surface area contributed by atoms with E-state index in [-0.39, 0.29) is 10.7 Å². The predicted molar refractivity (Wildman–Crippen MR) is 77.7 cm³/mol. The van der Waals surface area contributed by atoms with Crippen LogP contribution in [0.2, 0.25) is 5.02 Å². The van der Waals surface area contributed by atoms with Gasteiger partial charge in [-0.15, -0.1) is 0 Å². The summed E-state index contributed by atoms with van der Waals surface area (Å²) in [5.41, 5.74) is 7.88. The Morgan fingerprint density at radius 3 is 2.57 bits per heavy atom. The second-order valence-corrected chi connectivity index (χ2v) is 5.13. The van der Waals surface area contributed by atoms with Gasteiger partial charge in [-0.25, -0.2) is 18.7 Å². The molecule has 21 heavy (non-hydrogen) atoms. The Hall–Kier alpha value is -2.21. The number of rotatable bonds is 1. The van der Waals surface area contributed by atoms with Gasteiger partial charge in [0.25, 0.3) is 0 Å². The molecule has 0 spiro atoms. The lowest BCUT2D eigenvalue weighted by Gasteiger charge is -2.11. The zero-order valence-corrected chi connectivity index (χ0v) is 12.0. The molecule has 0 saturated heterocycles. The third-order valence-corrected chi connectivity index (χ3v) is 3.81. The van der Waals surface area contributed by atoms with Crippen LogP contribution in [0.25, 0.3) is 16.7 Å². The van der Waals surface area contributed by atoms with E-state index in [4.69, 9.17) is 17.3 Å². The number of anilines is 1. The fourth-order valence-electron chi connectivity index (χ4n) is 2.45. The monoisotopic (exact) mass is 308 g/mol. The van der Waals surface area contributed by atoms with Crippen LogP contribution in [0.4, 0.5) is 14.6 Å². The molecule has 3 aromatic rings. The first kappa shape index (κ1) is 13.8. The van der Waals surface area contributed by atoms with E-state index in [0.29, 0.717) is 22.5 Å². The number of aromatic nitrogens is 3. The van der Waals surface area contributed by atoms with Gasteiger partial charge in [0.15, 0.2) is 11.5 Å². The number of hydrogen-bond donors (Lipinski definition) is 1. The minimum Gasteiger partial charge on any atom is -0.383 e. The van der Waals surface area contributed by atoms with Crippen molar-refractivity contribution in [2.24, 2.45) is 0 Å². The van der Waals surface area contributed by atoms with Gasteiger partial charge in [-0.3, -0.25) is 4.57 Å². The van der Waals surface area contributed by atoms with Crippen LogP contribution in [0.3, 0.4) is 0 Å². The Morgan fingerprint density at radius 1 is 1.19 bits per heavy atom. The zero-order valence-electron chi connectivity index (χ0n) is 11.3. The van der Waals surface area contributed by atoms with Crippen LogP contribution in [0, 0.1) is 25.5 Å². The van der Waals surface area contributed by atoms with Gasteiger partial charge in [0.2, 0.25) is 0 Å². The summed E-state index contributed by atoms with van der Waals surface area (Å²) in [5.74, 6) is -1.20. The molecule has 0 aliphatic rings. The molecule has 1 aromatic carbocycles. The highest BCUT2D eigenvalue weighted by Gasteiger charge is 2.21. The number of nitrogens with two attached hydrogens (primary N) is 1. The summed E-state index contributed by atoms with van der Waals surface area (Å²) < 4.78 is 29.0. The Balaban J connectivity index is 2.48. The molecule has 0 saturated carbocycles. The summed E-state index contributed by atoms with van der Waals surface area (Å²) in [5, 5.41) is 0.597. The molecule has 0 aliphatic carbocycles. The van der Waals surface area contributed by atoms with Crippen LogP contribution in [0.15, 0.2) is 18.5 Å². The van der Waals surface area contributed by atoms with E-state index in [0.717, 1.165) is 17.7 Å². The van der Waals surface area contributed by atoms with E-state index in [1.807, 2.05) is 6.92 Å². The van der Waals surface area contributed by atoms with Crippen molar-refractivity contribution in [2.75, 3.05) is 5.73 Å². The predicted octanol–water partition coefficient (Wildman–Crippen LogP) is 3.55. The van der Waals surface area contributed by atoms with Crippen molar-refractivity contribution in [1.29, 1.82) is 0 Å². The van der Waals surface area contributed by atoms with Gasteiger partial charge in [0, 0.05) is 11.8 Å². The molecule has 7 heteroatoms. The van der Waals surface area contributed by atoms with Gasteiger partial charge >= 0.3 is 0 Å². The smallest absolute Gasteiger partial charge is 0.151 e. The van der Waals surface area contributed by atoms with Gasteiger partial charge < -0.3 is 5.73 Å². The third-order valence-electron chi connectivity index (χ3n) is 3.53.